The lowest BCUT2D eigenvalue weighted by Crippen LogP contribution is -2.31. The Morgan fingerprint density at radius 1 is 1.56 bits per heavy atom. The van der Waals surface area contributed by atoms with Gasteiger partial charge in [0.15, 0.2) is 0 Å². The highest BCUT2D eigenvalue weighted by atomic mass is 79.9. The Kier molecular flexibility index (Phi) is 5.77. The highest BCUT2D eigenvalue weighted by Gasteiger charge is 2.13. The minimum Gasteiger partial charge on any atom is -0.481 e. The van der Waals surface area contributed by atoms with Crippen molar-refractivity contribution in [3.63, 3.8) is 0 Å². The summed E-state index contributed by atoms with van der Waals surface area (Å²) < 4.78 is 14.3. The molecule has 0 radical (unpaired) electrons. The average Bonchev–Trinajstić information content (AvgIpc) is 2.31. The van der Waals surface area contributed by atoms with Crippen molar-refractivity contribution in [2.75, 3.05) is 0 Å². The lowest BCUT2D eigenvalue weighted by atomic mass is 10.0. The predicted octanol–water partition coefficient (Wildman–Crippen LogP) is 2.11. The number of carboxylic acid groups (broad SMARTS) is 1. The van der Waals surface area contributed by atoms with Crippen LogP contribution in [0.2, 0.25) is 0 Å². The Morgan fingerprint density at radius 3 is 2.89 bits per heavy atom. The molecule has 0 fully saturated rings. The first-order valence-electron chi connectivity index (χ1n) is 5.38. The van der Waals surface area contributed by atoms with E-state index < -0.39 is 5.97 Å². The molecule has 2 N–H and O–H groups in total. The van der Waals surface area contributed by atoms with E-state index in [0.717, 1.165) is 4.47 Å². The number of carbonyl (C=O) groups is 2. The summed E-state index contributed by atoms with van der Waals surface area (Å²) >= 11 is 3.24. The molecule has 1 atom stereocenters. The van der Waals surface area contributed by atoms with Crippen molar-refractivity contribution in [3.05, 3.63) is 34.1 Å². The molecule has 0 aliphatic heterocycles. The van der Waals surface area contributed by atoms with Crippen molar-refractivity contribution in [2.45, 2.75) is 25.3 Å². The number of carbonyl (C=O) groups excluding carboxylic acids is 1. The molecule has 0 aliphatic rings. The molecular formula is C12H13BrFNO3. The minimum atomic E-state index is -0.942. The van der Waals surface area contributed by atoms with Crippen LogP contribution in [0, 0.1) is 5.82 Å². The first kappa shape index (κ1) is 14.6. The molecule has 1 amide bonds. The van der Waals surface area contributed by atoms with E-state index in [9.17, 15) is 14.0 Å². The van der Waals surface area contributed by atoms with Crippen molar-refractivity contribution >= 4 is 28.3 Å². The number of nitrogens with one attached hydrogen (secondary N) is 1. The summed E-state index contributed by atoms with van der Waals surface area (Å²) in [6.07, 6.45) is 0.959. The summed E-state index contributed by atoms with van der Waals surface area (Å²) in [4.78, 5) is 20.9. The van der Waals surface area contributed by atoms with E-state index in [0.29, 0.717) is 12.0 Å². The van der Waals surface area contributed by atoms with Gasteiger partial charge in [-0.05, 0) is 36.6 Å². The SMILES string of the molecule is O=CNC(CCC(=O)O)Cc1cc(Br)ccc1F. The van der Waals surface area contributed by atoms with Crippen molar-refractivity contribution < 1.29 is 19.1 Å². The first-order valence-corrected chi connectivity index (χ1v) is 6.17. The molecule has 0 heterocycles. The van der Waals surface area contributed by atoms with Gasteiger partial charge in [-0.2, -0.15) is 0 Å². The molecule has 1 aromatic carbocycles. The molecule has 18 heavy (non-hydrogen) atoms. The zero-order valence-electron chi connectivity index (χ0n) is 9.53. The van der Waals surface area contributed by atoms with Gasteiger partial charge in [0.05, 0.1) is 0 Å². The summed E-state index contributed by atoms with van der Waals surface area (Å²) in [5, 5.41) is 11.1. The van der Waals surface area contributed by atoms with Crippen molar-refractivity contribution in [1.82, 2.24) is 5.32 Å². The lowest BCUT2D eigenvalue weighted by Gasteiger charge is -2.15. The molecule has 1 rings (SSSR count). The Balaban J connectivity index is 2.72. The number of rotatable bonds is 7. The number of carboxylic acids is 1. The zero-order chi connectivity index (χ0) is 13.5. The van der Waals surface area contributed by atoms with E-state index in [2.05, 4.69) is 21.2 Å². The van der Waals surface area contributed by atoms with Gasteiger partial charge in [-0.15, -0.1) is 0 Å². The van der Waals surface area contributed by atoms with Crippen molar-refractivity contribution in [2.24, 2.45) is 0 Å². The summed E-state index contributed by atoms with van der Waals surface area (Å²) in [7, 11) is 0. The Hall–Kier alpha value is -1.43. The molecule has 0 aliphatic carbocycles. The van der Waals surface area contributed by atoms with E-state index >= 15 is 0 Å². The Morgan fingerprint density at radius 2 is 2.28 bits per heavy atom. The van der Waals surface area contributed by atoms with Gasteiger partial charge in [-0.25, -0.2) is 4.39 Å². The van der Waals surface area contributed by atoms with Gasteiger partial charge in [-0.3, -0.25) is 9.59 Å². The van der Waals surface area contributed by atoms with Gasteiger partial charge in [0, 0.05) is 16.9 Å². The van der Waals surface area contributed by atoms with E-state index in [1.165, 1.54) is 6.07 Å². The monoisotopic (exact) mass is 317 g/mol. The quantitative estimate of drug-likeness (QED) is 0.757. The topological polar surface area (TPSA) is 66.4 Å². The van der Waals surface area contributed by atoms with Crippen LogP contribution in [0.1, 0.15) is 18.4 Å². The normalized spacial score (nSPS) is 11.9. The molecule has 0 spiro atoms. The Bertz CT molecular complexity index is 439. The van der Waals surface area contributed by atoms with E-state index in [-0.39, 0.29) is 31.1 Å². The number of halogens is 2. The van der Waals surface area contributed by atoms with Crippen LogP contribution in [0.3, 0.4) is 0 Å². The standard InChI is InChI=1S/C12H13BrFNO3/c13-9-1-3-11(14)8(5-9)6-10(15-7-16)2-4-12(17)18/h1,3,5,7,10H,2,4,6H2,(H,15,16)(H,17,18). The fourth-order valence-electron chi connectivity index (χ4n) is 1.60. The van der Waals surface area contributed by atoms with Gasteiger partial charge < -0.3 is 10.4 Å². The molecule has 0 aromatic heterocycles. The smallest absolute Gasteiger partial charge is 0.303 e. The second-order valence-electron chi connectivity index (χ2n) is 3.85. The summed E-state index contributed by atoms with van der Waals surface area (Å²) in [6.45, 7) is 0. The van der Waals surface area contributed by atoms with Crippen LogP contribution in [0.4, 0.5) is 4.39 Å². The number of amides is 1. The largest absolute Gasteiger partial charge is 0.481 e. The maximum absolute atomic E-state index is 13.5. The third-order valence-corrected chi connectivity index (χ3v) is 2.98. The number of hydrogen-bond acceptors (Lipinski definition) is 2. The van der Waals surface area contributed by atoms with E-state index in [1.807, 2.05) is 0 Å². The maximum atomic E-state index is 13.5. The van der Waals surface area contributed by atoms with Gasteiger partial charge in [0.25, 0.3) is 0 Å². The number of benzene rings is 1. The molecule has 6 heteroatoms. The van der Waals surface area contributed by atoms with Crippen LogP contribution >= 0.6 is 15.9 Å². The highest BCUT2D eigenvalue weighted by molar-refractivity contribution is 9.10. The predicted molar refractivity (Wildman–Crippen MR) is 67.7 cm³/mol. The van der Waals surface area contributed by atoms with Crippen molar-refractivity contribution in [1.29, 1.82) is 0 Å². The van der Waals surface area contributed by atoms with Crippen LogP contribution in [-0.2, 0) is 16.0 Å². The van der Waals surface area contributed by atoms with Gasteiger partial charge in [0.2, 0.25) is 6.41 Å². The third kappa shape index (κ3) is 4.83. The van der Waals surface area contributed by atoms with Crippen LogP contribution in [0.5, 0.6) is 0 Å². The highest BCUT2D eigenvalue weighted by Crippen LogP contribution is 2.18. The van der Waals surface area contributed by atoms with Crippen molar-refractivity contribution in [3.8, 4) is 0 Å². The summed E-state index contributed by atoms with van der Waals surface area (Å²) in [5.74, 6) is -1.31. The molecular weight excluding hydrogens is 305 g/mol. The van der Waals surface area contributed by atoms with Crippen LogP contribution in [0.15, 0.2) is 22.7 Å². The second-order valence-corrected chi connectivity index (χ2v) is 4.77. The number of aliphatic carboxylic acids is 1. The second kappa shape index (κ2) is 7.10. The van der Waals surface area contributed by atoms with E-state index in [4.69, 9.17) is 5.11 Å². The number of hydrogen-bond donors (Lipinski definition) is 2. The van der Waals surface area contributed by atoms with Crippen LogP contribution < -0.4 is 5.32 Å². The van der Waals surface area contributed by atoms with Gasteiger partial charge in [-0.1, -0.05) is 15.9 Å². The maximum Gasteiger partial charge on any atom is 0.303 e. The minimum absolute atomic E-state index is 0.0683. The molecule has 1 aromatic rings. The van der Waals surface area contributed by atoms with Crippen LogP contribution in [-0.4, -0.2) is 23.5 Å². The average molecular weight is 318 g/mol. The van der Waals surface area contributed by atoms with Crippen LogP contribution in [0.25, 0.3) is 0 Å². The lowest BCUT2D eigenvalue weighted by molar-refractivity contribution is -0.137. The molecule has 1 unspecified atom stereocenters. The van der Waals surface area contributed by atoms with Gasteiger partial charge >= 0.3 is 5.97 Å². The van der Waals surface area contributed by atoms with Gasteiger partial charge in [0.1, 0.15) is 5.82 Å². The summed E-state index contributed by atoms with van der Waals surface area (Å²) in [6, 6.07) is 4.14. The first-order chi connectivity index (χ1) is 8.52. The van der Waals surface area contributed by atoms with E-state index in [1.54, 1.807) is 12.1 Å². The molecule has 0 saturated carbocycles. The fraction of sp³-hybridized carbons (Fsp3) is 0.333. The molecule has 0 saturated heterocycles. The molecule has 4 nitrogen and oxygen atoms in total. The fourth-order valence-corrected chi connectivity index (χ4v) is 2.01. The summed E-state index contributed by atoms with van der Waals surface area (Å²) in [5.41, 5.74) is 0.439. The Labute approximate surface area is 112 Å². The molecule has 98 valence electrons. The third-order valence-electron chi connectivity index (χ3n) is 2.48. The molecule has 0 bridgehead atoms. The zero-order valence-corrected chi connectivity index (χ0v) is 11.1.